The third kappa shape index (κ3) is 2.73. The van der Waals surface area contributed by atoms with Gasteiger partial charge in [-0.25, -0.2) is 0 Å². The minimum Gasteiger partial charge on any atom is -0.256 e. The first-order valence-electron chi connectivity index (χ1n) is 9.57. The van der Waals surface area contributed by atoms with Gasteiger partial charge >= 0.3 is 0 Å². The second-order valence-electron chi connectivity index (χ2n) is 7.70. The van der Waals surface area contributed by atoms with Gasteiger partial charge in [0.1, 0.15) is 0 Å². The largest absolute Gasteiger partial charge is 0.256 e. The zero-order valence-electron chi connectivity index (χ0n) is 16.0. The zero-order valence-corrected chi connectivity index (χ0v) is 16.8. The minimum atomic E-state index is -0.0730. The van der Waals surface area contributed by atoms with Crippen LogP contribution in [-0.2, 0) is 5.41 Å². The molecule has 0 aliphatic carbocycles. The van der Waals surface area contributed by atoms with Crippen LogP contribution in [0.5, 0.6) is 0 Å². The fourth-order valence-corrected chi connectivity index (χ4v) is 5.12. The van der Waals surface area contributed by atoms with Crippen molar-refractivity contribution in [2.75, 3.05) is 0 Å². The quantitative estimate of drug-likeness (QED) is 0.317. The molecule has 2 heterocycles. The summed E-state index contributed by atoms with van der Waals surface area (Å²) in [5.41, 5.74) is 4.70. The number of aromatic nitrogens is 1. The lowest BCUT2D eigenvalue weighted by molar-refractivity contribution is 0.638. The number of hydrogen-bond donors (Lipinski definition) is 0. The third-order valence-corrected chi connectivity index (χ3v) is 6.88. The van der Waals surface area contributed by atoms with Gasteiger partial charge in [0.25, 0.3) is 0 Å². The van der Waals surface area contributed by atoms with Gasteiger partial charge in [0, 0.05) is 37.3 Å². The summed E-state index contributed by atoms with van der Waals surface area (Å²) in [7, 11) is 0. The Kier molecular flexibility index (Phi) is 4.03. The van der Waals surface area contributed by atoms with Crippen molar-refractivity contribution in [3.05, 3.63) is 102 Å². The molecule has 0 atom stereocenters. The monoisotopic (exact) mass is 379 g/mol. The Morgan fingerprint density at radius 1 is 0.679 bits per heavy atom. The molecule has 0 aliphatic rings. The first-order valence-corrected chi connectivity index (χ1v) is 10.4. The first-order chi connectivity index (χ1) is 13.6. The number of rotatable bonds is 3. The number of pyridine rings is 1. The van der Waals surface area contributed by atoms with E-state index in [9.17, 15) is 0 Å². The van der Waals surface area contributed by atoms with Gasteiger partial charge < -0.3 is 0 Å². The van der Waals surface area contributed by atoms with Crippen molar-refractivity contribution in [1.82, 2.24) is 4.98 Å². The lowest BCUT2D eigenvalue weighted by Gasteiger charge is -2.25. The highest BCUT2D eigenvalue weighted by Gasteiger charge is 2.23. The van der Waals surface area contributed by atoms with Crippen LogP contribution in [-0.4, -0.2) is 4.98 Å². The number of thiophene rings is 1. The van der Waals surface area contributed by atoms with Gasteiger partial charge in [0.2, 0.25) is 0 Å². The fourth-order valence-electron chi connectivity index (χ4n) is 3.89. The SMILES string of the molecule is CC(C)(c1ccccc1)c1ccc(-c2cccc3c2sc2ccccc23)nc1. The molecule has 28 heavy (non-hydrogen) atoms. The molecule has 0 aliphatic heterocycles. The van der Waals surface area contributed by atoms with E-state index in [2.05, 4.69) is 98.8 Å². The van der Waals surface area contributed by atoms with Crippen LogP contribution < -0.4 is 0 Å². The number of hydrogen-bond acceptors (Lipinski definition) is 2. The van der Waals surface area contributed by atoms with E-state index in [1.807, 2.05) is 17.5 Å². The van der Waals surface area contributed by atoms with Crippen molar-refractivity contribution in [2.45, 2.75) is 19.3 Å². The molecule has 0 saturated carbocycles. The van der Waals surface area contributed by atoms with Gasteiger partial charge in [-0.1, -0.05) is 86.6 Å². The number of benzene rings is 3. The predicted octanol–water partition coefficient (Wildman–Crippen LogP) is 7.44. The molecule has 0 fully saturated rings. The van der Waals surface area contributed by atoms with Gasteiger partial charge in [-0.3, -0.25) is 4.98 Å². The Balaban J connectivity index is 1.60. The highest BCUT2D eigenvalue weighted by molar-refractivity contribution is 7.26. The highest BCUT2D eigenvalue weighted by Crippen LogP contribution is 2.39. The Morgan fingerprint density at radius 2 is 1.43 bits per heavy atom. The zero-order chi connectivity index (χ0) is 19.1. The van der Waals surface area contributed by atoms with E-state index in [-0.39, 0.29) is 5.41 Å². The summed E-state index contributed by atoms with van der Waals surface area (Å²) in [4.78, 5) is 4.87. The molecule has 0 unspecified atom stereocenters. The molecule has 0 amide bonds. The predicted molar refractivity (Wildman–Crippen MR) is 121 cm³/mol. The van der Waals surface area contributed by atoms with E-state index in [4.69, 9.17) is 4.98 Å². The van der Waals surface area contributed by atoms with Crippen molar-refractivity contribution in [1.29, 1.82) is 0 Å². The third-order valence-electron chi connectivity index (χ3n) is 5.66. The maximum Gasteiger partial charge on any atom is 0.0716 e. The Labute approximate surface area is 169 Å². The van der Waals surface area contributed by atoms with Crippen LogP contribution in [0, 0.1) is 0 Å². The van der Waals surface area contributed by atoms with Crippen LogP contribution in [0.1, 0.15) is 25.0 Å². The van der Waals surface area contributed by atoms with Gasteiger partial charge in [0.15, 0.2) is 0 Å². The second kappa shape index (κ2) is 6.57. The molecule has 5 aromatic rings. The number of nitrogens with zero attached hydrogens (tertiary/aromatic N) is 1. The topological polar surface area (TPSA) is 12.9 Å². The van der Waals surface area contributed by atoms with Crippen molar-refractivity contribution >= 4 is 31.5 Å². The summed E-state index contributed by atoms with van der Waals surface area (Å²) in [6.07, 6.45) is 2.04. The smallest absolute Gasteiger partial charge is 0.0716 e. The van der Waals surface area contributed by atoms with Gasteiger partial charge in [-0.2, -0.15) is 0 Å². The fraction of sp³-hybridized carbons (Fsp3) is 0.115. The normalized spacial score (nSPS) is 11.9. The Hall–Kier alpha value is -2.97. The summed E-state index contributed by atoms with van der Waals surface area (Å²) in [5.74, 6) is 0. The van der Waals surface area contributed by atoms with Crippen molar-refractivity contribution in [3.8, 4) is 11.3 Å². The molecule has 3 aromatic carbocycles. The van der Waals surface area contributed by atoms with Crippen molar-refractivity contribution < 1.29 is 0 Å². The molecular weight excluding hydrogens is 358 g/mol. The highest BCUT2D eigenvalue weighted by atomic mass is 32.1. The van der Waals surface area contributed by atoms with Crippen molar-refractivity contribution in [2.24, 2.45) is 0 Å². The summed E-state index contributed by atoms with van der Waals surface area (Å²) < 4.78 is 2.64. The molecule has 0 N–H and O–H groups in total. The molecule has 0 spiro atoms. The maximum absolute atomic E-state index is 4.87. The van der Waals surface area contributed by atoms with Crippen LogP contribution >= 0.6 is 11.3 Å². The second-order valence-corrected chi connectivity index (χ2v) is 8.76. The van der Waals surface area contributed by atoms with Crippen LogP contribution in [0.25, 0.3) is 31.4 Å². The van der Waals surface area contributed by atoms with Gasteiger partial charge in [-0.15, -0.1) is 11.3 Å². The van der Waals surface area contributed by atoms with E-state index in [1.165, 1.54) is 36.9 Å². The van der Waals surface area contributed by atoms with Crippen LogP contribution in [0.15, 0.2) is 91.1 Å². The molecule has 5 rings (SSSR count). The lowest BCUT2D eigenvalue weighted by Crippen LogP contribution is -2.18. The summed E-state index contributed by atoms with van der Waals surface area (Å²) in [6.45, 7) is 4.51. The van der Waals surface area contributed by atoms with Crippen LogP contribution in [0.3, 0.4) is 0 Å². The van der Waals surface area contributed by atoms with E-state index < -0.39 is 0 Å². The Bertz CT molecular complexity index is 1260. The molecule has 0 saturated heterocycles. The molecule has 2 aromatic heterocycles. The average molecular weight is 380 g/mol. The maximum atomic E-state index is 4.87. The number of fused-ring (bicyclic) bond motifs is 3. The Morgan fingerprint density at radius 3 is 2.21 bits per heavy atom. The van der Waals surface area contributed by atoms with E-state index in [1.54, 1.807) is 0 Å². The average Bonchev–Trinajstić information content (AvgIpc) is 3.13. The van der Waals surface area contributed by atoms with Crippen LogP contribution in [0.4, 0.5) is 0 Å². The standard InChI is InChI=1S/C26H21NS/c1-26(2,18-9-4-3-5-10-18)19-15-16-23(27-17-19)22-13-8-12-21-20-11-6-7-14-24(20)28-25(21)22/h3-17H,1-2H3. The molecule has 136 valence electrons. The molecule has 2 heteroatoms. The molecule has 0 radical (unpaired) electrons. The molecular formula is C26H21NS. The van der Waals surface area contributed by atoms with Gasteiger partial charge in [-0.05, 0) is 23.3 Å². The summed E-state index contributed by atoms with van der Waals surface area (Å²) in [6, 6.07) is 30.2. The molecule has 1 nitrogen and oxygen atoms in total. The van der Waals surface area contributed by atoms with Crippen LogP contribution in [0.2, 0.25) is 0 Å². The lowest BCUT2D eigenvalue weighted by atomic mass is 9.79. The minimum absolute atomic E-state index is 0.0730. The van der Waals surface area contributed by atoms with E-state index in [0.29, 0.717) is 0 Å². The molecule has 0 bridgehead atoms. The van der Waals surface area contributed by atoms with E-state index >= 15 is 0 Å². The summed E-state index contributed by atoms with van der Waals surface area (Å²) in [5, 5.41) is 2.64. The van der Waals surface area contributed by atoms with Gasteiger partial charge in [0.05, 0.1) is 5.69 Å². The first kappa shape index (κ1) is 17.2. The summed E-state index contributed by atoms with van der Waals surface area (Å²) >= 11 is 1.85. The van der Waals surface area contributed by atoms with Crippen molar-refractivity contribution in [3.63, 3.8) is 0 Å². The van der Waals surface area contributed by atoms with E-state index in [0.717, 1.165) is 5.69 Å².